The Balaban J connectivity index is 1.31. The van der Waals surface area contributed by atoms with E-state index in [9.17, 15) is 4.79 Å². The molecule has 1 aliphatic rings. The highest BCUT2D eigenvalue weighted by Gasteiger charge is 2.24. The van der Waals surface area contributed by atoms with Crippen molar-refractivity contribution in [2.24, 2.45) is 0 Å². The van der Waals surface area contributed by atoms with Crippen LogP contribution in [-0.4, -0.2) is 31.9 Å². The van der Waals surface area contributed by atoms with Crippen molar-refractivity contribution in [2.75, 3.05) is 19.8 Å². The smallest absolute Gasteiger partial charge is 0.335 e. The summed E-state index contributed by atoms with van der Waals surface area (Å²) in [6, 6.07) is 24.4. The molecule has 1 heterocycles. The van der Waals surface area contributed by atoms with Crippen LogP contribution in [0.5, 0.6) is 17.2 Å². The minimum absolute atomic E-state index is 0.305. The fourth-order valence-corrected chi connectivity index (χ4v) is 5.36. The van der Waals surface area contributed by atoms with E-state index in [1.165, 1.54) is 10.5 Å². The van der Waals surface area contributed by atoms with Gasteiger partial charge < -0.3 is 18.9 Å². The second kappa shape index (κ2) is 12.7. The molecule has 0 amide bonds. The van der Waals surface area contributed by atoms with Crippen molar-refractivity contribution in [3.63, 3.8) is 0 Å². The van der Waals surface area contributed by atoms with Crippen molar-refractivity contribution in [3.05, 3.63) is 83.9 Å². The van der Waals surface area contributed by atoms with Gasteiger partial charge in [-0.25, -0.2) is 4.79 Å². The van der Waals surface area contributed by atoms with E-state index < -0.39 is 6.10 Å². The highest BCUT2D eigenvalue weighted by Crippen LogP contribution is 2.49. The van der Waals surface area contributed by atoms with Gasteiger partial charge in [-0.2, -0.15) is 0 Å². The van der Waals surface area contributed by atoms with Crippen LogP contribution in [0.15, 0.2) is 77.7 Å². The van der Waals surface area contributed by atoms with Gasteiger partial charge in [0.15, 0.2) is 6.10 Å². The summed E-state index contributed by atoms with van der Waals surface area (Å²) in [7, 11) is 0. The van der Waals surface area contributed by atoms with Gasteiger partial charge in [0, 0.05) is 23.8 Å². The van der Waals surface area contributed by atoms with Crippen molar-refractivity contribution in [2.45, 2.75) is 49.4 Å². The van der Waals surface area contributed by atoms with Gasteiger partial charge in [-0.1, -0.05) is 42.5 Å². The molecule has 1 aliphatic heterocycles. The third-order valence-electron chi connectivity index (χ3n) is 5.75. The molecule has 0 aliphatic carbocycles. The Hall–Kier alpha value is -2.96. The quantitative estimate of drug-likeness (QED) is 0.212. The highest BCUT2D eigenvalue weighted by atomic mass is 32.2. The van der Waals surface area contributed by atoms with Crippen LogP contribution < -0.4 is 9.47 Å². The number of thioether (sulfide) groups is 1. The standard InChI is InChI=1S/C29H32O5S/c1-3-31-26(29(30)32-4-2)20-21-15-17-22(18-16-21)33-19-9-14-27-23-10-5-6-11-24(23)34-25-12-7-8-13-28(25)35-27/h5-8,10-13,15-18,26-27H,3-4,9,14,19-20H2,1-2H3. The predicted molar refractivity (Wildman–Crippen MR) is 138 cm³/mol. The minimum Gasteiger partial charge on any atom is -0.494 e. The molecule has 3 aromatic rings. The second-order valence-electron chi connectivity index (χ2n) is 8.23. The Labute approximate surface area is 211 Å². The second-order valence-corrected chi connectivity index (χ2v) is 9.47. The fraction of sp³-hybridized carbons (Fsp3) is 0.345. The first-order valence-corrected chi connectivity index (χ1v) is 13.1. The maximum Gasteiger partial charge on any atom is 0.335 e. The summed E-state index contributed by atoms with van der Waals surface area (Å²) >= 11 is 1.85. The third-order valence-corrected chi connectivity index (χ3v) is 7.11. The van der Waals surface area contributed by atoms with Crippen molar-refractivity contribution >= 4 is 17.7 Å². The van der Waals surface area contributed by atoms with Crippen molar-refractivity contribution in [3.8, 4) is 17.2 Å². The van der Waals surface area contributed by atoms with E-state index in [-0.39, 0.29) is 5.97 Å². The molecule has 0 aromatic heterocycles. The Kier molecular flexibility index (Phi) is 9.09. The van der Waals surface area contributed by atoms with Gasteiger partial charge in [0.05, 0.1) is 18.1 Å². The van der Waals surface area contributed by atoms with Crippen LogP contribution in [0.4, 0.5) is 0 Å². The number of fused-ring (bicyclic) bond motifs is 2. The summed E-state index contributed by atoms with van der Waals surface area (Å²) < 4.78 is 22.9. The molecule has 4 rings (SSSR count). The SMILES string of the molecule is CCOC(=O)C(Cc1ccc(OCCCC2Sc3ccccc3Oc3ccccc32)cc1)OCC. The van der Waals surface area contributed by atoms with Crippen LogP contribution in [0.2, 0.25) is 0 Å². The first-order chi connectivity index (χ1) is 17.2. The normalized spacial score (nSPS) is 15.2. The summed E-state index contributed by atoms with van der Waals surface area (Å²) in [5.74, 6) is 2.35. The van der Waals surface area contributed by atoms with Crippen molar-refractivity contribution in [1.29, 1.82) is 0 Å². The summed E-state index contributed by atoms with van der Waals surface area (Å²) in [5.41, 5.74) is 2.23. The number of benzene rings is 3. The molecule has 0 saturated heterocycles. The zero-order chi connectivity index (χ0) is 24.5. The van der Waals surface area contributed by atoms with Gasteiger partial charge in [-0.15, -0.1) is 11.8 Å². The molecule has 184 valence electrons. The number of rotatable bonds is 11. The van der Waals surface area contributed by atoms with Crippen LogP contribution >= 0.6 is 11.8 Å². The summed E-state index contributed by atoms with van der Waals surface area (Å²) in [4.78, 5) is 13.3. The molecule has 0 bridgehead atoms. The molecule has 5 nitrogen and oxygen atoms in total. The topological polar surface area (TPSA) is 54.0 Å². The van der Waals surface area contributed by atoms with Gasteiger partial charge in [-0.3, -0.25) is 0 Å². The number of carbonyl (C=O) groups is 1. The maximum absolute atomic E-state index is 12.1. The van der Waals surface area contributed by atoms with Crippen LogP contribution in [0.25, 0.3) is 0 Å². The molecule has 35 heavy (non-hydrogen) atoms. The van der Waals surface area contributed by atoms with Crippen LogP contribution in [-0.2, 0) is 20.7 Å². The Morgan fingerprint density at radius 3 is 2.46 bits per heavy atom. The number of hydrogen-bond donors (Lipinski definition) is 0. The molecule has 0 fully saturated rings. The fourth-order valence-electron chi connectivity index (χ4n) is 4.06. The van der Waals surface area contributed by atoms with E-state index in [0.29, 0.717) is 31.5 Å². The predicted octanol–water partition coefficient (Wildman–Crippen LogP) is 7.00. The highest BCUT2D eigenvalue weighted by molar-refractivity contribution is 7.99. The lowest BCUT2D eigenvalue weighted by Crippen LogP contribution is -2.28. The average molecular weight is 493 g/mol. The zero-order valence-electron chi connectivity index (χ0n) is 20.3. The largest absolute Gasteiger partial charge is 0.494 e. The molecule has 0 spiro atoms. The van der Waals surface area contributed by atoms with Gasteiger partial charge in [0.25, 0.3) is 0 Å². The number of ether oxygens (including phenoxy) is 4. The Morgan fingerprint density at radius 1 is 0.943 bits per heavy atom. The molecular weight excluding hydrogens is 460 g/mol. The first kappa shape index (κ1) is 25.1. The molecule has 0 radical (unpaired) electrons. The van der Waals surface area contributed by atoms with E-state index in [0.717, 1.165) is 35.7 Å². The Morgan fingerprint density at radius 2 is 1.69 bits per heavy atom. The molecule has 3 aromatic carbocycles. The Bertz CT molecular complexity index is 1100. The lowest BCUT2D eigenvalue weighted by atomic mass is 10.1. The van der Waals surface area contributed by atoms with Crippen LogP contribution in [0, 0.1) is 0 Å². The number of para-hydroxylation sites is 2. The number of hydrogen-bond acceptors (Lipinski definition) is 6. The first-order valence-electron chi connectivity index (χ1n) is 12.2. The lowest BCUT2D eigenvalue weighted by molar-refractivity contribution is -0.156. The molecule has 6 heteroatoms. The molecular formula is C29H32O5S. The van der Waals surface area contributed by atoms with E-state index in [1.807, 2.05) is 67.2 Å². The summed E-state index contributed by atoms with van der Waals surface area (Å²) in [5, 5.41) is 0.305. The van der Waals surface area contributed by atoms with Gasteiger partial charge in [-0.05, 0) is 62.6 Å². The van der Waals surface area contributed by atoms with E-state index >= 15 is 0 Å². The molecule has 0 N–H and O–H groups in total. The molecule has 2 atom stereocenters. The minimum atomic E-state index is -0.583. The van der Waals surface area contributed by atoms with Gasteiger partial charge in [0.1, 0.15) is 17.2 Å². The van der Waals surface area contributed by atoms with Gasteiger partial charge >= 0.3 is 5.97 Å². The average Bonchev–Trinajstić information content (AvgIpc) is 3.04. The van der Waals surface area contributed by atoms with E-state index in [1.54, 1.807) is 6.92 Å². The van der Waals surface area contributed by atoms with E-state index in [2.05, 4.69) is 24.3 Å². The van der Waals surface area contributed by atoms with Crippen LogP contribution in [0.3, 0.4) is 0 Å². The van der Waals surface area contributed by atoms with Crippen molar-refractivity contribution in [1.82, 2.24) is 0 Å². The zero-order valence-corrected chi connectivity index (χ0v) is 21.1. The monoisotopic (exact) mass is 492 g/mol. The lowest BCUT2D eigenvalue weighted by Gasteiger charge is -2.17. The number of carbonyl (C=O) groups excluding carboxylic acids is 1. The maximum atomic E-state index is 12.1. The number of esters is 1. The summed E-state index contributed by atoms with van der Waals surface area (Å²) in [6.45, 7) is 5.12. The molecule has 0 saturated carbocycles. The van der Waals surface area contributed by atoms with Gasteiger partial charge in [0.2, 0.25) is 0 Å². The molecule has 2 unspecified atom stereocenters. The third kappa shape index (κ3) is 6.80. The van der Waals surface area contributed by atoms with Crippen molar-refractivity contribution < 1.29 is 23.7 Å². The van der Waals surface area contributed by atoms with E-state index in [4.69, 9.17) is 18.9 Å². The summed E-state index contributed by atoms with van der Waals surface area (Å²) in [6.07, 6.45) is 1.80. The van der Waals surface area contributed by atoms with Crippen LogP contribution in [0.1, 0.15) is 43.1 Å².